The van der Waals surface area contributed by atoms with Crippen LogP contribution in [0.15, 0.2) is 0 Å². The highest BCUT2D eigenvalue weighted by molar-refractivity contribution is 5.75. The molecule has 0 unspecified atom stereocenters. The average molecular weight is 226 g/mol. The van der Waals surface area contributed by atoms with Crippen molar-refractivity contribution in [1.82, 2.24) is 4.90 Å². The van der Waals surface area contributed by atoms with Crippen LogP contribution in [-0.4, -0.2) is 30.9 Å². The third kappa shape index (κ3) is 4.12. The average Bonchev–Trinajstić information content (AvgIpc) is 2.97. The Kier molecular flexibility index (Phi) is 4.78. The molecule has 0 radical (unpaired) electrons. The molecule has 3 nitrogen and oxygen atoms in total. The fourth-order valence-electron chi connectivity index (χ4n) is 2.05. The first-order valence-electron chi connectivity index (χ1n) is 6.43. The van der Waals surface area contributed by atoms with E-state index in [0.717, 1.165) is 25.9 Å². The summed E-state index contributed by atoms with van der Waals surface area (Å²) >= 11 is 0. The van der Waals surface area contributed by atoms with E-state index in [9.17, 15) is 4.79 Å². The fourth-order valence-corrected chi connectivity index (χ4v) is 2.05. The Labute approximate surface area is 99.4 Å². The summed E-state index contributed by atoms with van der Waals surface area (Å²) in [5.41, 5.74) is 5.99. The Morgan fingerprint density at radius 1 is 1.44 bits per heavy atom. The zero-order valence-electron chi connectivity index (χ0n) is 11.0. The lowest BCUT2D eigenvalue weighted by molar-refractivity contribution is -0.130. The lowest BCUT2D eigenvalue weighted by atomic mass is 10.0. The summed E-state index contributed by atoms with van der Waals surface area (Å²) in [7, 11) is 1.91. The van der Waals surface area contributed by atoms with Crippen molar-refractivity contribution in [2.45, 2.75) is 46.0 Å². The van der Waals surface area contributed by atoms with E-state index in [4.69, 9.17) is 5.73 Å². The van der Waals surface area contributed by atoms with Crippen LogP contribution in [0.25, 0.3) is 0 Å². The van der Waals surface area contributed by atoms with Gasteiger partial charge in [0.2, 0.25) is 5.91 Å². The van der Waals surface area contributed by atoms with Crippen LogP contribution >= 0.6 is 0 Å². The van der Waals surface area contributed by atoms with Crippen molar-refractivity contribution in [3.63, 3.8) is 0 Å². The van der Waals surface area contributed by atoms with Crippen LogP contribution in [-0.2, 0) is 4.79 Å². The molecule has 1 aliphatic carbocycles. The van der Waals surface area contributed by atoms with Crippen LogP contribution < -0.4 is 5.73 Å². The molecule has 0 aliphatic heterocycles. The summed E-state index contributed by atoms with van der Waals surface area (Å²) in [5.74, 6) is 0.970. The second-order valence-electron chi connectivity index (χ2n) is 5.74. The second-order valence-corrected chi connectivity index (χ2v) is 5.74. The molecule has 3 heteroatoms. The van der Waals surface area contributed by atoms with Crippen molar-refractivity contribution >= 4 is 5.91 Å². The molecule has 0 aromatic heterocycles. The van der Waals surface area contributed by atoms with Gasteiger partial charge in [0, 0.05) is 25.4 Å². The van der Waals surface area contributed by atoms with Crippen molar-refractivity contribution in [2.75, 3.05) is 20.1 Å². The van der Waals surface area contributed by atoms with Crippen molar-refractivity contribution in [2.24, 2.45) is 17.1 Å². The lowest BCUT2D eigenvalue weighted by Crippen LogP contribution is -2.35. The van der Waals surface area contributed by atoms with Gasteiger partial charge >= 0.3 is 0 Å². The number of nitrogens with zero attached hydrogens (tertiary/aromatic N) is 1. The lowest BCUT2D eigenvalue weighted by Gasteiger charge is -2.23. The van der Waals surface area contributed by atoms with Crippen molar-refractivity contribution in [1.29, 1.82) is 0 Å². The van der Waals surface area contributed by atoms with Gasteiger partial charge in [0.15, 0.2) is 0 Å². The number of rotatable bonds is 7. The van der Waals surface area contributed by atoms with E-state index >= 15 is 0 Å². The molecule has 1 fully saturated rings. The van der Waals surface area contributed by atoms with E-state index in [2.05, 4.69) is 13.8 Å². The number of hydrogen-bond acceptors (Lipinski definition) is 2. The zero-order valence-corrected chi connectivity index (χ0v) is 11.0. The Morgan fingerprint density at radius 2 is 2.06 bits per heavy atom. The van der Waals surface area contributed by atoms with Crippen molar-refractivity contribution < 1.29 is 4.79 Å². The number of hydrogen-bond donors (Lipinski definition) is 1. The number of carbonyl (C=O) groups excluding carboxylic acids is 1. The topological polar surface area (TPSA) is 46.3 Å². The predicted octanol–water partition coefficient (Wildman–Crippen LogP) is 2.01. The van der Waals surface area contributed by atoms with Crippen LogP contribution in [0.3, 0.4) is 0 Å². The quantitative estimate of drug-likeness (QED) is 0.722. The number of nitrogens with two attached hydrogens (primary N) is 1. The van der Waals surface area contributed by atoms with E-state index in [-0.39, 0.29) is 11.3 Å². The molecule has 1 aliphatic rings. The Hall–Kier alpha value is -0.570. The van der Waals surface area contributed by atoms with Gasteiger partial charge in [-0.2, -0.15) is 0 Å². The highest BCUT2D eigenvalue weighted by Gasteiger charge is 2.42. The van der Waals surface area contributed by atoms with Gasteiger partial charge in [-0.15, -0.1) is 0 Å². The first-order chi connectivity index (χ1) is 7.49. The summed E-state index contributed by atoms with van der Waals surface area (Å²) in [6.07, 6.45) is 5.22. The maximum atomic E-state index is 11.8. The molecule has 0 bridgehead atoms. The third-order valence-electron chi connectivity index (χ3n) is 3.56. The van der Waals surface area contributed by atoms with Gasteiger partial charge in [-0.25, -0.2) is 0 Å². The molecule has 0 aromatic rings. The van der Waals surface area contributed by atoms with E-state index in [0.29, 0.717) is 12.3 Å². The standard InChI is InChI=1S/C13H26N2O/c1-11(2)5-4-6-12(16)15(3)10-13(9-14)7-8-13/h11H,4-10,14H2,1-3H3. The molecule has 2 N–H and O–H groups in total. The third-order valence-corrected chi connectivity index (χ3v) is 3.56. The molecule has 1 amide bonds. The SMILES string of the molecule is CC(C)CCCC(=O)N(C)CC1(CN)CC1. The van der Waals surface area contributed by atoms with E-state index in [1.165, 1.54) is 12.8 Å². The molecular weight excluding hydrogens is 200 g/mol. The first-order valence-corrected chi connectivity index (χ1v) is 6.43. The van der Waals surface area contributed by atoms with Crippen molar-refractivity contribution in [3.05, 3.63) is 0 Å². The summed E-state index contributed by atoms with van der Waals surface area (Å²) in [6.45, 7) is 5.96. The van der Waals surface area contributed by atoms with Crippen molar-refractivity contribution in [3.8, 4) is 0 Å². The monoisotopic (exact) mass is 226 g/mol. The fraction of sp³-hybridized carbons (Fsp3) is 0.923. The number of amides is 1. The molecule has 1 saturated carbocycles. The Morgan fingerprint density at radius 3 is 2.50 bits per heavy atom. The highest BCUT2D eigenvalue weighted by atomic mass is 16.2. The van der Waals surface area contributed by atoms with Gasteiger partial charge in [0.1, 0.15) is 0 Å². The molecule has 94 valence electrons. The summed E-state index contributed by atoms with van der Waals surface area (Å²) in [6, 6.07) is 0. The van der Waals surface area contributed by atoms with Gasteiger partial charge in [-0.1, -0.05) is 20.3 Å². The Balaban J connectivity index is 2.20. The van der Waals surface area contributed by atoms with E-state index in [1.807, 2.05) is 11.9 Å². The van der Waals surface area contributed by atoms with Gasteiger partial charge in [-0.3, -0.25) is 4.79 Å². The number of carbonyl (C=O) groups is 1. The minimum atomic E-state index is 0.266. The molecule has 1 rings (SSSR count). The molecule has 0 atom stereocenters. The molecule has 0 spiro atoms. The highest BCUT2D eigenvalue weighted by Crippen LogP contribution is 2.44. The molecule has 0 saturated heterocycles. The summed E-state index contributed by atoms with van der Waals surface area (Å²) in [4.78, 5) is 13.7. The van der Waals surface area contributed by atoms with Crippen LogP contribution in [0.4, 0.5) is 0 Å². The molecule has 16 heavy (non-hydrogen) atoms. The summed E-state index contributed by atoms with van der Waals surface area (Å²) in [5, 5.41) is 0. The van der Waals surface area contributed by atoms with Gasteiger partial charge in [0.05, 0.1) is 0 Å². The maximum Gasteiger partial charge on any atom is 0.222 e. The molecule has 0 aromatic carbocycles. The predicted molar refractivity (Wildman–Crippen MR) is 67.0 cm³/mol. The molecule has 0 heterocycles. The largest absolute Gasteiger partial charge is 0.345 e. The normalized spacial score (nSPS) is 17.6. The van der Waals surface area contributed by atoms with Crippen LogP contribution in [0.1, 0.15) is 46.0 Å². The summed E-state index contributed by atoms with van der Waals surface area (Å²) < 4.78 is 0. The zero-order chi connectivity index (χ0) is 12.2. The maximum absolute atomic E-state index is 11.8. The van der Waals surface area contributed by atoms with Crippen LogP contribution in [0, 0.1) is 11.3 Å². The van der Waals surface area contributed by atoms with E-state index < -0.39 is 0 Å². The molecular formula is C13H26N2O. The van der Waals surface area contributed by atoms with Gasteiger partial charge < -0.3 is 10.6 Å². The van der Waals surface area contributed by atoms with E-state index in [1.54, 1.807) is 0 Å². The van der Waals surface area contributed by atoms with Crippen LogP contribution in [0.2, 0.25) is 0 Å². The Bertz CT molecular complexity index is 234. The first kappa shape index (κ1) is 13.5. The smallest absolute Gasteiger partial charge is 0.222 e. The van der Waals surface area contributed by atoms with Gasteiger partial charge in [0.25, 0.3) is 0 Å². The minimum Gasteiger partial charge on any atom is -0.345 e. The minimum absolute atomic E-state index is 0.266. The second kappa shape index (κ2) is 5.67. The van der Waals surface area contributed by atoms with Gasteiger partial charge in [-0.05, 0) is 31.7 Å². The van der Waals surface area contributed by atoms with Crippen LogP contribution in [0.5, 0.6) is 0 Å².